The number of rotatable bonds is 46. The molecule has 1 atom stereocenters. The number of nitrogens with one attached hydrogen (secondary N) is 2. The second kappa shape index (κ2) is 50.2. The molecule has 1 aromatic carbocycles. The first-order valence-electron chi connectivity index (χ1n) is 27.5. The Morgan fingerprint density at radius 2 is 0.953 bits per heavy atom. The summed E-state index contributed by atoms with van der Waals surface area (Å²) in [4.78, 5) is 48.7. The lowest BCUT2D eigenvalue weighted by atomic mass is 10.0. The fourth-order valence-electron chi connectivity index (χ4n) is 8.31. The summed E-state index contributed by atoms with van der Waals surface area (Å²) < 4.78 is 11.4. The number of aldehydes is 1. The van der Waals surface area contributed by atoms with Gasteiger partial charge in [-0.1, -0.05) is 189 Å². The zero-order valence-corrected chi connectivity index (χ0v) is 43.7. The fraction of sp³-hybridized carbons (Fsp3) is 0.891. The number of nitrogens with zero attached hydrogens (tertiary/aromatic N) is 1. The van der Waals surface area contributed by atoms with Crippen molar-refractivity contribution in [1.29, 1.82) is 0 Å². The predicted molar refractivity (Wildman–Crippen MR) is 278 cm³/mol. The van der Waals surface area contributed by atoms with Crippen LogP contribution in [-0.2, 0) is 19.1 Å². The van der Waals surface area contributed by atoms with Crippen molar-refractivity contribution in [2.24, 2.45) is 0 Å². The third-order valence-electron chi connectivity index (χ3n) is 12.5. The van der Waals surface area contributed by atoms with Gasteiger partial charge in [-0.15, -0.1) is 0 Å². The van der Waals surface area contributed by atoms with Crippen LogP contribution >= 0.6 is 0 Å². The van der Waals surface area contributed by atoms with E-state index in [0.717, 1.165) is 103 Å². The van der Waals surface area contributed by atoms with E-state index in [2.05, 4.69) is 43.2 Å². The molecule has 0 spiro atoms. The monoisotopic (exact) mass is 906 g/mol. The van der Waals surface area contributed by atoms with Crippen LogP contribution in [0.15, 0.2) is 9.59 Å². The van der Waals surface area contributed by atoms with Gasteiger partial charge in [0.25, 0.3) is 10.9 Å². The lowest BCUT2D eigenvalue weighted by Gasteiger charge is -2.23. The van der Waals surface area contributed by atoms with Gasteiger partial charge in [-0.2, -0.15) is 0 Å². The second-order valence-electron chi connectivity index (χ2n) is 18.1. The van der Waals surface area contributed by atoms with Crippen LogP contribution in [0.2, 0.25) is 0 Å². The average molecular weight is 906 g/mol. The molecule has 0 saturated heterocycles. The van der Waals surface area contributed by atoms with E-state index >= 15 is 0 Å². The molecule has 9 nitrogen and oxygen atoms in total. The summed E-state index contributed by atoms with van der Waals surface area (Å²) in [7, 11) is 3.55. The number of carbonyl (C=O) groups excluding carboxylic acids is 2. The minimum Gasteiger partial charge on any atom is -0.462 e. The minimum atomic E-state index is -0.440. The van der Waals surface area contributed by atoms with Crippen LogP contribution in [0, 0.1) is 0 Å². The lowest BCUT2D eigenvalue weighted by molar-refractivity contribution is -0.149. The van der Waals surface area contributed by atoms with Crippen molar-refractivity contribution in [2.45, 2.75) is 278 Å². The smallest absolute Gasteiger partial charge is 0.306 e. The third kappa shape index (κ3) is 37.9. The molecule has 0 heterocycles. The highest BCUT2D eigenvalue weighted by atomic mass is 16.5. The van der Waals surface area contributed by atoms with Gasteiger partial charge < -0.3 is 29.8 Å². The fourth-order valence-corrected chi connectivity index (χ4v) is 8.31. The van der Waals surface area contributed by atoms with Crippen molar-refractivity contribution in [3.63, 3.8) is 0 Å². The van der Waals surface area contributed by atoms with Crippen LogP contribution in [0.3, 0.4) is 0 Å². The molecule has 1 aromatic rings. The standard InChI is InChI=1S/C35H63N3O5.C18H38O.C2H6/c1-4-6-7-8-12-17-23-30(5-2)43-31(40)24-18-13-11-15-20-27-38(26-19-14-9-10-16-21-29-39)28-22-25-37-33-32(36-3)34(41)35(33)42;1-4-6-8-10-12-14-16-18(19-3)17-15-13-11-9-7-5-2;1-2/h29-30,36-37H,4-28H2,1-3H3;18H,4-17H2,1-3H3;1-2H3. The Morgan fingerprint density at radius 3 is 1.41 bits per heavy atom. The summed E-state index contributed by atoms with van der Waals surface area (Å²) in [5.41, 5.74) is -0.0583. The summed E-state index contributed by atoms with van der Waals surface area (Å²) in [6.45, 7) is 16.6. The van der Waals surface area contributed by atoms with E-state index in [1.807, 2.05) is 21.0 Å². The van der Waals surface area contributed by atoms with Crippen molar-refractivity contribution in [3.05, 3.63) is 20.4 Å². The molecule has 0 radical (unpaired) electrons. The third-order valence-corrected chi connectivity index (χ3v) is 12.5. The maximum Gasteiger partial charge on any atom is 0.306 e. The summed E-state index contributed by atoms with van der Waals surface area (Å²) in [6, 6.07) is 0. The molecule has 378 valence electrons. The summed E-state index contributed by atoms with van der Waals surface area (Å²) in [6.07, 6.45) is 43.4. The first-order chi connectivity index (χ1) is 31.3. The van der Waals surface area contributed by atoms with Crippen LogP contribution in [-0.4, -0.2) is 69.7 Å². The highest BCUT2D eigenvalue weighted by molar-refractivity contribution is 5.73. The molecule has 9 heteroatoms. The van der Waals surface area contributed by atoms with Crippen LogP contribution < -0.4 is 21.5 Å². The quantitative estimate of drug-likeness (QED) is 0.0286. The van der Waals surface area contributed by atoms with Crippen LogP contribution in [0.25, 0.3) is 0 Å². The van der Waals surface area contributed by atoms with Gasteiger partial charge in [-0.25, -0.2) is 0 Å². The number of hydrogen-bond donors (Lipinski definition) is 2. The van der Waals surface area contributed by atoms with Crippen molar-refractivity contribution in [3.8, 4) is 0 Å². The van der Waals surface area contributed by atoms with Crippen LogP contribution in [0.5, 0.6) is 0 Å². The van der Waals surface area contributed by atoms with Gasteiger partial charge >= 0.3 is 5.97 Å². The number of unbranched alkanes of at least 4 members (excludes halogenated alkanes) is 24. The maximum absolute atomic E-state index is 12.3. The van der Waals surface area contributed by atoms with Gasteiger partial charge in [-0.3, -0.25) is 14.4 Å². The van der Waals surface area contributed by atoms with E-state index in [1.54, 1.807) is 7.05 Å². The van der Waals surface area contributed by atoms with Gasteiger partial charge in [0.15, 0.2) is 0 Å². The lowest BCUT2D eigenvalue weighted by Crippen LogP contribution is -2.37. The molecule has 0 aliphatic rings. The minimum absolute atomic E-state index is 0.0330. The van der Waals surface area contributed by atoms with E-state index in [0.29, 0.717) is 36.9 Å². The molecule has 0 bridgehead atoms. The normalized spacial score (nSPS) is 11.6. The topological polar surface area (TPSA) is 114 Å². The van der Waals surface area contributed by atoms with Crippen molar-refractivity contribution >= 4 is 23.6 Å². The average Bonchev–Trinajstić information content (AvgIpc) is 3.31. The summed E-state index contributed by atoms with van der Waals surface area (Å²) in [5, 5.41) is 5.94. The largest absolute Gasteiger partial charge is 0.462 e. The van der Waals surface area contributed by atoms with Gasteiger partial charge in [0.1, 0.15) is 23.8 Å². The molecular weight excluding hydrogens is 799 g/mol. The second-order valence-corrected chi connectivity index (χ2v) is 18.1. The van der Waals surface area contributed by atoms with Gasteiger partial charge in [-0.05, 0) is 83.8 Å². The summed E-state index contributed by atoms with van der Waals surface area (Å²) >= 11 is 0. The first-order valence-corrected chi connectivity index (χ1v) is 27.5. The van der Waals surface area contributed by atoms with Crippen molar-refractivity contribution in [2.75, 3.05) is 51.0 Å². The van der Waals surface area contributed by atoms with E-state index in [4.69, 9.17) is 9.47 Å². The molecule has 0 fully saturated rings. The molecule has 64 heavy (non-hydrogen) atoms. The van der Waals surface area contributed by atoms with Crippen LogP contribution in [0.4, 0.5) is 11.4 Å². The summed E-state index contributed by atoms with van der Waals surface area (Å²) in [5.74, 6) is -0.0330. The molecule has 1 rings (SSSR count). The number of anilines is 2. The zero-order chi connectivity index (χ0) is 47.7. The Balaban J connectivity index is 0. The predicted octanol–water partition coefficient (Wildman–Crippen LogP) is 14.9. The molecule has 2 N–H and O–H groups in total. The molecule has 0 aliphatic heterocycles. The SMILES string of the molecule is CC.CCCCCCCCC(CC)OC(=O)CCCCCCCN(CCCCCCCC=O)CCCNc1c(NC)c(=O)c1=O.CCCCCCCCC(CCCCCCCC)OC. The van der Waals surface area contributed by atoms with E-state index < -0.39 is 10.9 Å². The highest BCUT2D eigenvalue weighted by Gasteiger charge is 2.19. The van der Waals surface area contributed by atoms with Gasteiger partial charge in [0, 0.05) is 33.5 Å². The Bertz CT molecular complexity index is 1190. The van der Waals surface area contributed by atoms with E-state index in [9.17, 15) is 19.2 Å². The molecule has 0 amide bonds. The first kappa shape index (κ1) is 63.8. The van der Waals surface area contributed by atoms with Gasteiger partial charge in [0.05, 0.1) is 6.10 Å². The highest BCUT2D eigenvalue weighted by Crippen LogP contribution is 2.18. The van der Waals surface area contributed by atoms with E-state index in [1.165, 1.54) is 135 Å². The number of carbonyl (C=O) groups is 2. The van der Waals surface area contributed by atoms with Gasteiger partial charge in [0.2, 0.25) is 0 Å². The molecule has 0 aliphatic carbocycles. The van der Waals surface area contributed by atoms with Crippen LogP contribution in [0.1, 0.15) is 266 Å². The molecular formula is C55H107N3O6. The molecule has 1 unspecified atom stereocenters. The zero-order valence-electron chi connectivity index (χ0n) is 43.7. The maximum atomic E-state index is 12.3. The number of hydrogen-bond acceptors (Lipinski definition) is 9. The Morgan fingerprint density at radius 1 is 0.547 bits per heavy atom. The number of esters is 1. The molecule has 0 aromatic heterocycles. The Hall–Kier alpha value is -2.26. The van der Waals surface area contributed by atoms with Crippen molar-refractivity contribution < 1.29 is 19.1 Å². The Labute approximate surface area is 396 Å². The Kier molecular flexibility index (Phi) is 50.0. The van der Waals surface area contributed by atoms with E-state index in [-0.39, 0.29) is 12.1 Å². The number of ether oxygens (including phenoxy) is 2. The molecule has 0 saturated carbocycles. The van der Waals surface area contributed by atoms with Crippen molar-refractivity contribution in [1.82, 2.24) is 4.90 Å². The number of methoxy groups -OCH3 is 1.